The molecule has 0 spiro atoms. The molecule has 0 aromatic rings. The monoisotopic (exact) mass is 201 g/mol. The van der Waals surface area contributed by atoms with Gasteiger partial charge in [0.25, 0.3) is 0 Å². The molecular formula is C10H19NO3. The fourth-order valence-corrected chi connectivity index (χ4v) is 2.30. The average molecular weight is 201 g/mol. The van der Waals surface area contributed by atoms with E-state index in [-0.39, 0.29) is 11.3 Å². The van der Waals surface area contributed by atoms with Crippen LogP contribution >= 0.6 is 0 Å². The van der Waals surface area contributed by atoms with Crippen molar-refractivity contribution in [3.8, 4) is 0 Å². The number of hydrogen-bond donors (Lipinski definition) is 2. The zero-order chi connectivity index (χ0) is 10.8. The summed E-state index contributed by atoms with van der Waals surface area (Å²) >= 11 is 0. The molecule has 0 aliphatic carbocycles. The zero-order valence-corrected chi connectivity index (χ0v) is 9.04. The van der Waals surface area contributed by atoms with Gasteiger partial charge in [-0.3, -0.25) is 4.79 Å². The molecule has 14 heavy (non-hydrogen) atoms. The Morgan fingerprint density at radius 3 is 2.79 bits per heavy atom. The molecular weight excluding hydrogens is 182 g/mol. The molecule has 1 rings (SSSR count). The van der Waals surface area contributed by atoms with Crippen LogP contribution in [0.5, 0.6) is 0 Å². The predicted molar refractivity (Wildman–Crippen MR) is 53.1 cm³/mol. The Bertz CT molecular complexity index is 217. The van der Waals surface area contributed by atoms with Crippen LogP contribution < -0.4 is 5.32 Å². The van der Waals surface area contributed by atoms with Crippen LogP contribution in [0.1, 0.15) is 13.8 Å². The summed E-state index contributed by atoms with van der Waals surface area (Å²) in [6.07, 6.45) is 0. The van der Waals surface area contributed by atoms with E-state index >= 15 is 0 Å². The Morgan fingerprint density at radius 2 is 2.36 bits per heavy atom. The van der Waals surface area contributed by atoms with Gasteiger partial charge in [-0.1, -0.05) is 13.8 Å². The standard InChI is InChI=1S/C10H19NO3/c1-7(2)10(6-14-3)5-11-4-8(10)9(12)13/h7-8,11H,4-6H2,1-3H3,(H,12,13). The minimum absolute atomic E-state index is 0.249. The Morgan fingerprint density at radius 1 is 1.71 bits per heavy atom. The van der Waals surface area contributed by atoms with Gasteiger partial charge in [-0.2, -0.15) is 0 Å². The molecule has 1 fully saturated rings. The first kappa shape index (κ1) is 11.5. The lowest BCUT2D eigenvalue weighted by Crippen LogP contribution is -2.43. The van der Waals surface area contributed by atoms with E-state index in [1.165, 1.54) is 0 Å². The molecule has 1 saturated heterocycles. The highest BCUT2D eigenvalue weighted by Crippen LogP contribution is 2.39. The summed E-state index contributed by atoms with van der Waals surface area (Å²) in [5.74, 6) is -0.748. The maximum Gasteiger partial charge on any atom is 0.308 e. The van der Waals surface area contributed by atoms with Crippen LogP contribution in [0, 0.1) is 17.3 Å². The number of rotatable bonds is 4. The number of methoxy groups -OCH3 is 1. The number of carboxylic acids is 1. The largest absolute Gasteiger partial charge is 0.481 e. The molecule has 0 radical (unpaired) electrons. The molecule has 0 bridgehead atoms. The number of nitrogens with one attached hydrogen (secondary N) is 1. The van der Waals surface area contributed by atoms with Crippen LogP contribution in [0.4, 0.5) is 0 Å². The van der Waals surface area contributed by atoms with E-state index in [0.717, 1.165) is 6.54 Å². The minimum atomic E-state index is -0.722. The van der Waals surface area contributed by atoms with E-state index in [0.29, 0.717) is 19.1 Å². The van der Waals surface area contributed by atoms with Crippen LogP contribution in [0.3, 0.4) is 0 Å². The van der Waals surface area contributed by atoms with Crippen molar-refractivity contribution in [1.82, 2.24) is 5.32 Å². The summed E-state index contributed by atoms with van der Waals surface area (Å²) < 4.78 is 5.17. The van der Waals surface area contributed by atoms with Gasteiger partial charge in [0.05, 0.1) is 12.5 Å². The number of carbonyl (C=O) groups is 1. The second-order valence-corrected chi connectivity index (χ2v) is 4.34. The van der Waals surface area contributed by atoms with E-state index in [2.05, 4.69) is 19.2 Å². The summed E-state index contributed by atoms with van der Waals surface area (Å²) in [6, 6.07) is 0. The number of ether oxygens (including phenoxy) is 1. The molecule has 0 saturated carbocycles. The van der Waals surface area contributed by atoms with Crippen molar-refractivity contribution in [3.63, 3.8) is 0 Å². The van der Waals surface area contributed by atoms with Gasteiger partial charge in [-0.05, 0) is 5.92 Å². The van der Waals surface area contributed by atoms with E-state index in [1.807, 2.05) is 0 Å². The lowest BCUT2D eigenvalue weighted by molar-refractivity contribution is -0.147. The summed E-state index contributed by atoms with van der Waals surface area (Å²) in [7, 11) is 1.63. The zero-order valence-electron chi connectivity index (χ0n) is 9.04. The van der Waals surface area contributed by atoms with Gasteiger partial charge in [0.2, 0.25) is 0 Å². The van der Waals surface area contributed by atoms with Crippen molar-refractivity contribution >= 4 is 5.97 Å². The molecule has 2 atom stereocenters. The number of carboxylic acid groups (broad SMARTS) is 1. The summed E-state index contributed by atoms with van der Waals surface area (Å²) in [6.45, 7) is 5.91. The van der Waals surface area contributed by atoms with Crippen LogP contribution in [-0.4, -0.2) is 37.9 Å². The first-order chi connectivity index (χ1) is 6.54. The van der Waals surface area contributed by atoms with Crippen LogP contribution in [-0.2, 0) is 9.53 Å². The van der Waals surface area contributed by atoms with Crippen LogP contribution in [0.15, 0.2) is 0 Å². The Hall–Kier alpha value is -0.610. The SMILES string of the molecule is COCC1(C(C)C)CNCC1C(=O)O. The van der Waals surface area contributed by atoms with E-state index < -0.39 is 5.97 Å². The molecule has 2 unspecified atom stereocenters. The van der Waals surface area contributed by atoms with Crippen molar-refractivity contribution < 1.29 is 14.6 Å². The third-order valence-electron chi connectivity index (χ3n) is 3.36. The summed E-state index contributed by atoms with van der Waals surface area (Å²) in [4.78, 5) is 11.1. The first-order valence-electron chi connectivity index (χ1n) is 4.97. The second-order valence-electron chi connectivity index (χ2n) is 4.34. The molecule has 0 aromatic carbocycles. The van der Waals surface area contributed by atoms with Crippen LogP contribution in [0.25, 0.3) is 0 Å². The lowest BCUT2D eigenvalue weighted by atomic mass is 9.70. The van der Waals surface area contributed by atoms with Gasteiger partial charge in [0.1, 0.15) is 0 Å². The Kier molecular flexibility index (Phi) is 3.50. The van der Waals surface area contributed by atoms with Gasteiger partial charge in [-0.25, -0.2) is 0 Å². The van der Waals surface area contributed by atoms with E-state index in [4.69, 9.17) is 9.84 Å². The summed E-state index contributed by atoms with van der Waals surface area (Å²) in [5.41, 5.74) is -0.249. The van der Waals surface area contributed by atoms with Crippen molar-refractivity contribution in [3.05, 3.63) is 0 Å². The topological polar surface area (TPSA) is 58.6 Å². The maximum absolute atomic E-state index is 11.1. The first-order valence-corrected chi connectivity index (χ1v) is 4.97. The van der Waals surface area contributed by atoms with Crippen molar-refractivity contribution in [2.75, 3.05) is 26.8 Å². The fourth-order valence-electron chi connectivity index (χ4n) is 2.30. The van der Waals surface area contributed by atoms with Gasteiger partial charge in [-0.15, -0.1) is 0 Å². The average Bonchev–Trinajstić information content (AvgIpc) is 2.50. The molecule has 4 nitrogen and oxygen atoms in total. The third-order valence-corrected chi connectivity index (χ3v) is 3.36. The molecule has 1 aliphatic rings. The van der Waals surface area contributed by atoms with Crippen molar-refractivity contribution in [1.29, 1.82) is 0 Å². The Labute approximate surface area is 84.6 Å². The van der Waals surface area contributed by atoms with Crippen LogP contribution in [0.2, 0.25) is 0 Å². The van der Waals surface area contributed by atoms with E-state index in [9.17, 15) is 4.79 Å². The molecule has 2 N–H and O–H groups in total. The molecule has 1 aliphatic heterocycles. The molecule has 0 aromatic heterocycles. The second kappa shape index (κ2) is 4.28. The maximum atomic E-state index is 11.1. The summed E-state index contributed by atoms with van der Waals surface area (Å²) in [5, 5.41) is 12.3. The minimum Gasteiger partial charge on any atom is -0.481 e. The fraction of sp³-hybridized carbons (Fsp3) is 0.900. The number of aliphatic carboxylic acids is 1. The van der Waals surface area contributed by atoms with Gasteiger partial charge in [0.15, 0.2) is 0 Å². The lowest BCUT2D eigenvalue weighted by Gasteiger charge is -2.35. The van der Waals surface area contributed by atoms with Gasteiger partial charge >= 0.3 is 5.97 Å². The van der Waals surface area contributed by atoms with Gasteiger partial charge < -0.3 is 15.2 Å². The third kappa shape index (κ3) is 1.77. The molecule has 82 valence electrons. The highest BCUT2D eigenvalue weighted by molar-refractivity contribution is 5.72. The highest BCUT2D eigenvalue weighted by atomic mass is 16.5. The molecule has 0 amide bonds. The predicted octanol–water partition coefficient (Wildman–Crippen LogP) is 0.579. The molecule has 1 heterocycles. The van der Waals surface area contributed by atoms with Crippen molar-refractivity contribution in [2.45, 2.75) is 13.8 Å². The van der Waals surface area contributed by atoms with Crippen molar-refractivity contribution in [2.24, 2.45) is 17.3 Å². The quantitative estimate of drug-likeness (QED) is 0.698. The Balaban J connectivity index is 2.89. The normalized spacial score (nSPS) is 32.4. The highest BCUT2D eigenvalue weighted by Gasteiger charge is 2.49. The van der Waals surface area contributed by atoms with Gasteiger partial charge in [0, 0.05) is 25.6 Å². The smallest absolute Gasteiger partial charge is 0.308 e. The number of hydrogen-bond acceptors (Lipinski definition) is 3. The van der Waals surface area contributed by atoms with E-state index in [1.54, 1.807) is 7.11 Å². The molecule has 4 heteroatoms.